The van der Waals surface area contributed by atoms with Crippen LogP contribution in [0.2, 0.25) is 5.02 Å². The smallest absolute Gasteiger partial charge is 0.307 e. The second-order valence-corrected chi connectivity index (χ2v) is 6.69. The molecule has 0 radical (unpaired) electrons. The molecular weight excluding hydrogens is 318 g/mol. The first kappa shape index (κ1) is 16.1. The van der Waals surface area contributed by atoms with E-state index in [1.54, 1.807) is 18.2 Å². The number of carboxylic acid groups (broad SMARTS) is 1. The van der Waals surface area contributed by atoms with E-state index < -0.39 is 17.8 Å². The monoisotopic (exact) mass is 337 g/mol. The van der Waals surface area contributed by atoms with Crippen LogP contribution >= 0.6 is 11.6 Å². The van der Waals surface area contributed by atoms with Gasteiger partial charge in [-0.05, 0) is 56.7 Å². The molecule has 2 fully saturated rings. The van der Waals surface area contributed by atoms with Gasteiger partial charge in [-0.25, -0.2) is 0 Å². The van der Waals surface area contributed by atoms with Crippen molar-refractivity contribution in [2.24, 2.45) is 11.8 Å². The first-order valence-corrected chi connectivity index (χ1v) is 8.42. The maximum atomic E-state index is 12.1. The topological polar surface area (TPSA) is 75.6 Å². The summed E-state index contributed by atoms with van der Waals surface area (Å²) in [4.78, 5) is 23.1. The van der Waals surface area contributed by atoms with E-state index in [2.05, 4.69) is 5.32 Å². The minimum atomic E-state index is -0.908. The minimum absolute atomic E-state index is 0.222. The molecule has 0 aromatic heterocycles. The van der Waals surface area contributed by atoms with Crippen molar-refractivity contribution in [2.45, 2.75) is 44.6 Å². The maximum Gasteiger partial charge on any atom is 0.307 e. The van der Waals surface area contributed by atoms with Crippen LogP contribution in [0.3, 0.4) is 0 Å². The number of ether oxygens (including phenoxy) is 1. The highest BCUT2D eigenvalue weighted by atomic mass is 35.5. The van der Waals surface area contributed by atoms with Crippen molar-refractivity contribution < 1.29 is 19.4 Å². The predicted octanol–water partition coefficient (Wildman–Crippen LogP) is 3.71. The van der Waals surface area contributed by atoms with Crippen LogP contribution in [-0.2, 0) is 9.59 Å². The average Bonchev–Trinajstić information content (AvgIpc) is 2.92. The van der Waals surface area contributed by atoms with E-state index in [4.69, 9.17) is 21.4 Å². The summed E-state index contributed by atoms with van der Waals surface area (Å²) >= 11 is 6.23. The molecule has 0 spiro atoms. The zero-order valence-electron chi connectivity index (χ0n) is 12.8. The minimum Gasteiger partial charge on any atom is -0.489 e. The van der Waals surface area contributed by atoms with Crippen molar-refractivity contribution in [2.75, 3.05) is 5.32 Å². The lowest BCUT2D eigenvalue weighted by atomic mass is 9.73. The molecule has 2 atom stereocenters. The fourth-order valence-electron chi connectivity index (χ4n) is 3.20. The van der Waals surface area contributed by atoms with Crippen LogP contribution in [0.4, 0.5) is 5.69 Å². The Balaban J connectivity index is 1.61. The first-order chi connectivity index (χ1) is 11.0. The Bertz CT molecular complexity index is 613. The molecule has 3 rings (SSSR count). The summed E-state index contributed by atoms with van der Waals surface area (Å²) in [5.74, 6) is -1.57. The van der Waals surface area contributed by atoms with Crippen LogP contribution in [0.1, 0.15) is 38.5 Å². The van der Waals surface area contributed by atoms with Gasteiger partial charge >= 0.3 is 5.97 Å². The number of nitrogens with one attached hydrogen (secondary N) is 1. The molecule has 2 N–H and O–H groups in total. The van der Waals surface area contributed by atoms with Gasteiger partial charge < -0.3 is 15.2 Å². The molecule has 5 nitrogen and oxygen atoms in total. The highest BCUT2D eigenvalue weighted by molar-refractivity contribution is 6.32. The molecule has 0 bridgehead atoms. The van der Waals surface area contributed by atoms with Crippen molar-refractivity contribution in [1.82, 2.24) is 0 Å². The van der Waals surface area contributed by atoms with Gasteiger partial charge in [-0.15, -0.1) is 0 Å². The number of carbonyl (C=O) groups excluding carboxylic acids is 1. The summed E-state index contributed by atoms with van der Waals surface area (Å²) in [7, 11) is 0. The lowest BCUT2D eigenvalue weighted by Crippen LogP contribution is -2.41. The zero-order chi connectivity index (χ0) is 16.4. The molecule has 6 heteroatoms. The van der Waals surface area contributed by atoms with Crippen molar-refractivity contribution >= 4 is 29.2 Å². The molecule has 1 aromatic rings. The number of hydrogen-bond acceptors (Lipinski definition) is 3. The first-order valence-electron chi connectivity index (χ1n) is 8.04. The van der Waals surface area contributed by atoms with Crippen LogP contribution in [0.5, 0.6) is 5.75 Å². The highest BCUT2D eigenvalue weighted by Gasteiger charge is 2.41. The lowest BCUT2D eigenvalue weighted by Gasteiger charge is -2.31. The van der Waals surface area contributed by atoms with Gasteiger partial charge in [0.15, 0.2) is 0 Å². The molecule has 2 aliphatic carbocycles. The van der Waals surface area contributed by atoms with Crippen molar-refractivity contribution in [3.8, 4) is 5.75 Å². The van der Waals surface area contributed by atoms with Gasteiger partial charge in [0.1, 0.15) is 5.75 Å². The number of carboxylic acids is 1. The predicted molar refractivity (Wildman–Crippen MR) is 86.8 cm³/mol. The summed E-state index contributed by atoms with van der Waals surface area (Å²) in [6.07, 6.45) is 5.85. The molecule has 23 heavy (non-hydrogen) atoms. The number of hydrogen-bond donors (Lipinski definition) is 2. The number of amides is 1. The Hall–Kier alpha value is -1.75. The number of halogens is 1. The number of aliphatic carboxylic acids is 1. The van der Waals surface area contributed by atoms with Gasteiger partial charge in [0, 0.05) is 5.69 Å². The second-order valence-electron chi connectivity index (χ2n) is 6.29. The maximum absolute atomic E-state index is 12.1. The van der Waals surface area contributed by atoms with Gasteiger partial charge in [-0.3, -0.25) is 9.59 Å². The van der Waals surface area contributed by atoms with E-state index in [1.165, 1.54) is 12.8 Å². The van der Waals surface area contributed by atoms with E-state index >= 15 is 0 Å². The van der Waals surface area contributed by atoms with Gasteiger partial charge in [-0.1, -0.05) is 11.6 Å². The van der Waals surface area contributed by atoms with Crippen LogP contribution in [0, 0.1) is 11.8 Å². The molecule has 0 saturated heterocycles. The molecule has 0 aliphatic heterocycles. The fraction of sp³-hybridized carbons (Fsp3) is 0.529. The largest absolute Gasteiger partial charge is 0.489 e. The van der Waals surface area contributed by atoms with Gasteiger partial charge in [-0.2, -0.15) is 0 Å². The van der Waals surface area contributed by atoms with Gasteiger partial charge in [0.2, 0.25) is 5.91 Å². The number of benzene rings is 1. The van der Waals surface area contributed by atoms with Gasteiger partial charge in [0.25, 0.3) is 0 Å². The quantitative estimate of drug-likeness (QED) is 0.858. The molecule has 1 aromatic carbocycles. The van der Waals surface area contributed by atoms with E-state index in [1.807, 2.05) is 0 Å². The number of rotatable bonds is 5. The molecule has 2 aliphatic rings. The van der Waals surface area contributed by atoms with Crippen molar-refractivity contribution in [1.29, 1.82) is 0 Å². The Morgan fingerprint density at radius 3 is 2.39 bits per heavy atom. The third-order valence-corrected chi connectivity index (χ3v) is 5.02. The summed E-state index contributed by atoms with van der Waals surface area (Å²) in [5, 5.41) is 12.2. The molecule has 124 valence electrons. The Morgan fingerprint density at radius 2 is 1.83 bits per heavy atom. The van der Waals surface area contributed by atoms with Crippen LogP contribution in [-0.4, -0.2) is 23.1 Å². The molecule has 0 heterocycles. The average molecular weight is 338 g/mol. The summed E-state index contributed by atoms with van der Waals surface area (Å²) in [6.45, 7) is 0. The Labute approximate surface area is 140 Å². The third-order valence-electron chi connectivity index (χ3n) is 4.72. The van der Waals surface area contributed by atoms with E-state index in [0.717, 1.165) is 12.8 Å². The highest BCUT2D eigenvalue weighted by Crippen LogP contribution is 2.36. The SMILES string of the molecule is O=C(O)C1CCC1C(=O)Nc1ccc(OC2CCCC2)c(Cl)c1. The van der Waals surface area contributed by atoms with Crippen molar-refractivity contribution in [3.05, 3.63) is 23.2 Å². The van der Waals surface area contributed by atoms with Crippen molar-refractivity contribution in [3.63, 3.8) is 0 Å². The zero-order valence-corrected chi connectivity index (χ0v) is 13.5. The third kappa shape index (κ3) is 3.61. The summed E-state index contributed by atoms with van der Waals surface area (Å²) in [6, 6.07) is 5.15. The molecular formula is C17H20ClNO4. The fourth-order valence-corrected chi connectivity index (χ4v) is 3.43. The van der Waals surface area contributed by atoms with E-state index in [-0.39, 0.29) is 12.0 Å². The van der Waals surface area contributed by atoms with Gasteiger partial charge in [0.05, 0.1) is 23.0 Å². The molecule has 2 unspecified atom stereocenters. The van der Waals surface area contributed by atoms with E-state index in [0.29, 0.717) is 29.3 Å². The Morgan fingerprint density at radius 1 is 1.13 bits per heavy atom. The van der Waals surface area contributed by atoms with Crippen LogP contribution in [0.25, 0.3) is 0 Å². The summed E-state index contributed by atoms with van der Waals surface area (Å²) in [5.41, 5.74) is 0.565. The second kappa shape index (κ2) is 6.79. The lowest BCUT2D eigenvalue weighted by molar-refractivity contribution is -0.151. The standard InChI is InChI=1S/C17H20ClNO4/c18-14-9-10(5-8-15(14)23-11-3-1-2-4-11)19-16(20)12-6-7-13(12)17(21)22/h5,8-9,11-13H,1-4,6-7H2,(H,19,20)(H,21,22). The van der Waals surface area contributed by atoms with Crippen LogP contribution in [0.15, 0.2) is 18.2 Å². The summed E-state index contributed by atoms with van der Waals surface area (Å²) < 4.78 is 5.87. The number of anilines is 1. The number of carbonyl (C=O) groups is 2. The molecule has 1 amide bonds. The Kier molecular flexibility index (Phi) is 4.76. The molecule has 2 saturated carbocycles. The normalized spacial score (nSPS) is 24.0. The van der Waals surface area contributed by atoms with E-state index in [9.17, 15) is 9.59 Å². The van der Waals surface area contributed by atoms with Crippen LogP contribution < -0.4 is 10.1 Å².